The van der Waals surface area contributed by atoms with Crippen molar-refractivity contribution < 1.29 is 0 Å². The van der Waals surface area contributed by atoms with Gasteiger partial charge in [0.15, 0.2) is 0 Å². The van der Waals surface area contributed by atoms with Crippen LogP contribution in [0.3, 0.4) is 0 Å². The molecular weight excluding hydrogens is 244 g/mol. The number of anilines is 2. The first-order valence-corrected chi connectivity index (χ1v) is 7.26. The average molecular weight is 262 g/mol. The van der Waals surface area contributed by atoms with Crippen LogP contribution in [-0.4, -0.2) is 28.0 Å². The predicted molar refractivity (Wildman–Crippen MR) is 80.0 cm³/mol. The van der Waals surface area contributed by atoms with Gasteiger partial charge in [-0.1, -0.05) is 6.92 Å². The van der Waals surface area contributed by atoms with E-state index in [0.717, 1.165) is 35.4 Å². The predicted octanol–water partition coefficient (Wildman–Crippen LogP) is 2.77. The Labute approximate surface area is 111 Å². The Bertz CT molecular complexity index is 529. The van der Waals surface area contributed by atoms with Crippen LogP contribution in [0.4, 0.5) is 11.5 Å². The van der Waals surface area contributed by atoms with Crippen molar-refractivity contribution in [3.63, 3.8) is 0 Å². The molecule has 0 aliphatic carbocycles. The lowest BCUT2D eigenvalue weighted by Crippen LogP contribution is -2.09. The van der Waals surface area contributed by atoms with Gasteiger partial charge in [0.1, 0.15) is 12.1 Å². The molecule has 0 bridgehead atoms. The number of aromatic nitrogens is 2. The van der Waals surface area contributed by atoms with E-state index < -0.39 is 0 Å². The normalized spacial score (nSPS) is 12.6. The van der Waals surface area contributed by atoms with Gasteiger partial charge >= 0.3 is 0 Å². The monoisotopic (exact) mass is 262 g/mol. The second kappa shape index (κ2) is 5.91. The third kappa shape index (κ3) is 3.04. The second-order valence-electron chi connectivity index (χ2n) is 4.26. The van der Waals surface area contributed by atoms with Crippen molar-refractivity contribution in [3.8, 4) is 0 Å². The fraction of sp³-hybridized carbons (Fsp3) is 0.385. The maximum absolute atomic E-state index is 5.75. The molecule has 1 heterocycles. The van der Waals surface area contributed by atoms with E-state index in [1.54, 1.807) is 6.33 Å². The second-order valence-corrected chi connectivity index (χ2v) is 5.54. The van der Waals surface area contributed by atoms with E-state index in [2.05, 4.69) is 28.5 Å². The molecule has 0 aliphatic rings. The summed E-state index contributed by atoms with van der Waals surface area (Å²) < 4.78 is 0. The molecule has 0 aliphatic heterocycles. The molecule has 1 atom stereocenters. The molecule has 1 aromatic carbocycles. The van der Waals surface area contributed by atoms with Gasteiger partial charge < -0.3 is 11.1 Å². The van der Waals surface area contributed by atoms with Crippen LogP contribution in [0.25, 0.3) is 10.9 Å². The molecule has 0 fully saturated rings. The molecule has 96 valence electrons. The minimum atomic E-state index is 0.654. The van der Waals surface area contributed by atoms with Crippen LogP contribution in [0.15, 0.2) is 24.5 Å². The lowest BCUT2D eigenvalue weighted by atomic mass is 10.2. The van der Waals surface area contributed by atoms with Gasteiger partial charge in [-0.25, -0.2) is 9.97 Å². The largest absolute Gasteiger partial charge is 0.399 e. The minimum absolute atomic E-state index is 0.654. The molecule has 0 spiro atoms. The van der Waals surface area contributed by atoms with E-state index >= 15 is 0 Å². The summed E-state index contributed by atoms with van der Waals surface area (Å²) in [6.07, 6.45) is 4.82. The fourth-order valence-corrected chi connectivity index (χ4v) is 2.08. The summed E-state index contributed by atoms with van der Waals surface area (Å²) in [5.41, 5.74) is 7.35. The molecular formula is C13H18N4S. The molecule has 18 heavy (non-hydrogen) atoms. The maximum Gasteiger partial charge on any atom is 0.137 e. The number of thioether (sulfide) groups is 1. The molecule has 4 nitrogen and oxygen atoms in total. The van der Waals surface area contributed by atoms with Crippen LogP contribution in [0.5, 0.6) is 0 Å². The highest BCUT2D eigenvalue weighted by Gasteiger charge is 2.04. The Morgan fingerprint density at radius 1 is 1.39 bits per heavy atom. The van der Waals surface area contributed by atoms with Gasteiger partial charge in [-0.2, -0.15) is 11.8 Å². The molecule has 0 saturated heterocycles. The Morgan fingerprint density at radius 2 is 2.22 bits per heavy atom. The smallest absolute Gasteiger partial charge is 0.137 e. The highest BCUT2D eigenvalue weighted by Crippen LogP contribution is 2.21. The van der Waals surface area contributed by atoms with Gasteiger partial charge in [-0.15, -0.1) is 0 Å². The number of benzene rings is 1. The van der Waals surface area contributed by atoms with Crippen LogP contribution in [0.1, 0.15) is 13.3 Å². The SMILES string of the molecule is CSC(C)CCNc1ncnc2cc(N)ccc12. The molecule has 2 rings (SSSR count). The topological polar surface area (TPSA) is 63.8 Å². The maximum atomic E-state index is 5.75. The molecule has 1 unspecified atom stereocenters. The zero-order chi connectivity index (χ0) is 13.0. The summed E-state index contributed by atoms with van der Waals surface area (Å²) in [6.45, 7) is 3.14. The molecule has 3 N–H and O–H groups in total. The van der Waals surface area contributed by atoms with Crippen molar-refractivity contribution in [1.82, 2.24) is 9.97 Å². The van der Waals surface area contributed by atoms with Crippen molar-refractivity contribution in [2.24, 2.45) is 0 Å². The zero-order valence-electron chi connectivity index (χ0n) is 10.7. The number of hydrogen-bond acceptors (Lipinski definition) is 5. The van der Waals surface area contributed by atoms with Gasteiger partial charge in [0, 0.05) is 22.9 Å². The van der Waals surface area contributed by atoms with E-state index in [1.807, 2.05) is 30.0 Å². The van der Waals surface area contributed by atoms with E-state index in [-0.39, 0.29) is 0 Å². The number of nitrogens with zero attached hydrogens (tertiary/aromatic N) is 2. The van der Waals surface area contributed by atoms with Crippen molar-refractivity contribution in [2.75, 3.05) is 23.9 Å². The zero-order valence-corrected chi connectivity index (χ0v) is 11.5. The number of fused-ring (bicyclic) bond motifs is 1. The van der Waals surface area contributed by atoms with Crippen LogP contribution >= 0.6 is 11.8 Å². The first-order valence-electron chi connectivity index (χ1n) is 5.97. The van der Waals surface area contributed by atoms with E-state index in [0.29, 0.717) is 5.25 Å². The van der Waals surface area contributed by atoms with Gasteiger partial charge in [0.2, 0.25) is 0 Å². The Morgan fingerprint density at radius 3 is 3.00 bits per heavy atom. The number of nitrogen functional groups attached to an aromatic ring is 1. The quantitative estimate of drug-likeness (QED) is 0.811. The third-order valence-electron chi connectivity index (χ3n) is 2.91. The van der Waals surface area contributed by atoms with Crippen molar-refractivity contribution in [2.45, 2.75) is 18.6 Å². The highest BCUT2D eigenvalue weighted by atomic mass is 32.2. The standard InChI is InChI=1S/C13H18N4S/c1-9(18-2)5-6-15-13-11-4-3-10(14)7-12(11)16-8-17-13/h3-4,7-9H,5-6,14H2,1-2H3,(H,15,16,17). The first kappa shape index (κ1) is 13.0. The van der Waals surface area contributed by atoms with Gasteiger partial charge in [0.05, 0.1) is 5.52 Å². The molecule has 2 aromatic rings. The van der Waals surface area contributed by atoms with E-state index in [9.17, 15) is 0 Å². The number of rotatable bonds is 5. The lowest BCUT2D eigenvalue weighted by Gasteiger charge is -2.11. The first-order chi connectivity index (χ1) is 8.70. The average Bonchev–Trinajstić information content (AvgIpc) is 2.38. The van der Waals surface area contributed by atoms with E-state index in [1.165, 1.54) is 0 Å². The third-order valence-corrected chi connectivity index (χ3v) is 3.95. The highest BCUT2D eigenvalue weighted by molar-refractivity contribution is 7.99. The van der Waals surface area contributed by atoms with Crippen LogP contribution in [0.2, 0.25) is 0 Å². The van der Waals surface area contributed by atoms with Crippen LogP contribution in [0, 0.1) is 0 Å². The molecule has 0 radical (unpaired) electrons. The van der Waals surface area contributed by atoms with Gasteiger partial charge in [-0.3, -0.25) is 0 Å². The Balaban J connectivity index is 2.13. The Hall–Kier alpha value is -1.49. The summed E-state index contributed by atoms with van der Waals surface area (Å²) in [5, 5.41) is 5.04. The van der Waals surface area contributed by atoms with Crippen LogP contribution in [-0.2, 0) is 0 Å². The Kier molecular flexibility index (Phi) is 4.25. The van der Waals surface area contributed by atoms with Crippen molar-refractivity contribution in [1.29, 1.82) is 0 Å². The summed E-state index contributed by atoms with van der Waals surface area (Å²) in [6, 6.07) is 5.71. The number of nitrogens with one attached hydrogen (secondary N) is 1. The lowest BCUT2D eigenvalue weighted by molar-refractivity contribution is 0.850. The molecule has 1 aromatic heterocycles. The molecule has 0 saturated carbocycles. The van der Waals surface area contributed by atoms with Gasteiger partial charge in [-0.05, 0) is 30.9 Å². The van der Waals surface area contributed by atoms with Crippen molar-refractivity contribution in [3.05, 3.63) is 24.5 Å². The van der Waals surface area contributed by atoms with Gasteiger partial charge in [0.25, 0.3) is 0 Å². The van der Waals surface area contributed by atoms with Crippen molar-refractivity contribution >= 4 is 34.2 Å². The summed E-state index contributed by atoms with van der Waals surface area (Å²) >= 11 is 1.88. The molecule has 0 amide bonds. The summed E-state index contributed by atoms with van der Waals surface area (Å²) in [4.78, 5) is 8.52. The molecule has 5 heteroatoms. The fourth-order valence-electron chi connectivity index (χ4n) is 1.73. The summed E-state index contributed by atoms with van der Waals surface area (Å²) in [5.74, 6) is 0.883. The van der Waals surface area contributed by atoms with E-state index in [4.69, 9.17) is 5.73 Å². The minimum Gasteiger partial charge on any atom is -0.399 e. The number of hydrogen-bond donors (Lipinski definition) is 2. The number of nitrogens with two attached hydrogens (primary N) is 1. The van der Waals surface area contributed by atoms with Crippen LogP contribution < -0.4 is 11.1 Å². The summed E-state index contributed by atoms with van der Waals surface area (Å²) in [7, 11) is 0.